The molecule has 2 N–H and O–H groups in total. The van der Waals surface area contributed by atoms with Crippen molar-refractivity contribution >= 4 is 27.5 Å². The molecule has 2 heterocycles. The van der Waals surface area contributed by atoms with E-state index in [1.54, 1.807) is 72.6 Å². The van der Waals surface area contributed by atoms with Gasteiger partial charge in [0.2, 0.25) is 0 Å². The number of amides is 2. The molecule has 0 spiro atoms. The van der Waals surface area contributed by atoms with Crippen LogP contribution in [0.3, 0.4) is 0 Å². The van der Waals surface area contributed by atoms with Crippen molar-refractivity contribution < 1.29 is 37.3 Å². The molecule has 0 saturated carbocycles. The molecule has 13 heteroatoms. The van der Waals surface area contributed by atoms with Crippen LogP contribution in [0.4, 0.5) is 5.69 Å². The van der Waals surface area contributed by atoms with Crippen molar-refractivity contribution in [2.24, 2.45) is 5.92 Å². The van der Waals surface area contributed by atoms with Crippen molar-refractivity contribution in [3.63, 3.8) is 0 Å². The summed E-state index contributed by atoms with van der Waals surface area (Å²) in [7, 11) is -0.784. The molecule has 0 fully saturated rings. The highest BCUT2D eigenvalue weighted by Gasteiger charge is 2.31. The molecule has 0 radical (unpaired) electrons. The second-order valence-corrected chi connectivity index (χ2v) is 13.9. The highest BCUT2D eigenvalue weighted by Crippen LogP contribution is 2.30. The molecule has 12 nitrogen and oxygen atoms in total. The average Bonchev–Trinajstić information content (AvgIpc) is 3.09. The first-order valence-electron chi connectivity index (χ1n) is 16.1. The Hall–Kier alpha value is -4.20. The number of sulfonamides is 1. The van der Waals surface area contributed by atoms with Crippen molar-refractivity contribution in [2.75, 3.05) is 45.2 Å². The number of carbonyl (C=O) groups excluding carboxylic acids is 2. The van der Waals surface area contributed by atoms with E-state index in [1.165, 1.54) is 25.3 Å². The lowest BCUT2D eigenvalue weighted by Gasteiger charge is -2.36. The number of hydrogen-bond acceptors (Lipinski definition) is 9. The Labute approximate surface area is 283 Å². The fourth-order valence-corrected chi connectivity index (χ4v) is 6.53. The summed E-state index contributed by atoms with van der Waals surface area (Å²) in [5, 5.41) is 10.2. The van der Waals surface area contributed by atoms with E-state index in [9.17, 15) is 23.1 Å². The van der Waals surface area contributed by atoms with Crippen LogP contribution in [0.25, 0.3) is 0 Å². The summed E-state index contributed by atoms with van der Waals surface area (Å²) >= 11 is 0. The van der Waals surface area contributed by atoms with Crippen molar-refractivity contribution in [3.05, 3.63) is 78.1 Å². The molecule has 3 aromatic rings. The normalized spacial score (nSPS) is 20.1. The maximum Gasteiger partial charge on any atom is 0.261 e. The molecule has 0 unspecified atom stereocenters. The van der Waals surface area contributed by atoms with Crippen LogP contribution in [0.2, 0.25) is 0 Å². The number of pyridine rings is 1. The highest BCUT2D eigenvalue weighted by atomic mass is 32.2. The Kier molecular flexibility index (Phi) is 12.8. The van der Waals surface area contributed by atoms with Gasteiger partial charge in [0.05, 0.1) is 42.4 Å². The molecule has 2 amide bonds. The molecule has 4 rings (SSSR count). The lowest BCUT2D eigenvalue weighted by Crippen LogP contribution is -2.48. The number of aliphatic hydroxyl groups excluding tert-OH is 1. The molecule has 0 bridgehead atoms. The lowest BCUT2D eigenvalue weighted by molar-refractivity contribution is -0.0149. The molecule has 1 aromatic heterocycles. The van der Waals surface area contributed by atoms with Gasteiger partial charge in [0, 0.05) is 56.3 Å². The van der Waals surface area contributed by atoms with Crippen LogP contribution in [-0.2, 0) is 14.8 Å². The Morgan fingerprint density at radius 3 is 2.50 bits per heavy atom. The van der Waals surface area contributed by atoms with Gasteiger partial charge in [0.25, 0.3) is 21.8 Å². The van der Waals surface area contributed by atoms with E-state index in [0.29, 0.717) is 30.1 Å². The first kappa shape index (κ1) is 36.6. The maximum atomic E-state index is 14.4. The molecule has 0 aliphatic carbocycles. The fraction of sp³-hybridized carbons (Fsp3) is 0.457. The van der Waals surface area contributed by atoms with Crippen LogP contribution < -0.4 is 14.2 Å². The van der Waals surface area contributed by atoms with E-state index >= 15 is 0 Å². The summed E-state index contributed by atoms with van der Waals surface area (Å²) < 4.78 is 46.8. The summed E-state index contributed by atoms with van der Waals surface area (Å²) in [6, 6.07) is 13.3. The summed E-state index contributed by atoms with van der Waals surface area (Å²) in [6.07, 6.45) is 4.75. The van der Waals surface area contributed by atoms with Crippen LogP contribution in [0.5, 0.6) is 11.5 Å². The van der Waals surface area contributed by atoms with Crippen LogP contribution in [0.1, 0.15) is 60.7 Å². The van der Waals surface area contributed by atoms with Crippen molar-refractivity contribution in [2.45, 2.75) is 63.2 Å². The Morgan fingerprint density at radius 1 is 1.12 bits per heavy atom. The van der Waals surface area contributed by atoms with E-state index in [4.69, 9.17) is 14.2 Å². The largest absolute Gasteiger partial charge is 0.497 e. The minimum atomic E-state index is -3.99. The molecule has 260 valence electrons. The number of anilines is 1. The number of likely N-dealkylation sites (N-methyl/N-ethyl adjacent to an activating group) is 1. The van der Waals surface area contributed by atoms with E-state index in [0.717, 1.165) is 12.8 Å². The maximum absolute atomic E-state index is 14.4. The van der Waals surface area contributed by atoms with E-state index < -0.39 is 28.1 Å². The summed E-state index contributed by atoms with van der Waals surface area (Å²) in [4.78, 5) is 34.7. The smallest absolute Gasteiger partial charge is 0.261 e. The van der Waals surface area contributed by atoms with E-state index in [1.807, 2.05) is 13.8 Å². The molecule has 48 heavy (non-hydrogen) atoms. The predicted molar refractivity (Wildman–Crippen MR) is 182 cm³/mol. The third-order valence-corrected chi connectivity index (χ3v) is 9.80. The first-order valence-corrected chi connectivity index (χ1v) is 17.6. The molecule has 1 aliphatic heterocycles. The second kappa shape index (κ2) is 16.8. The minimum absolute atomic E-state index is 0.0300. The monoisotopic (exact) mass is 682 g/mol. The average molecular weight is 683 g/mol. The van der Waals surface area contributed by atoms with Gasteiger partial charge in [-0.15, -0.1) is 0 Å². The highest BCUT2D eigenvalue weighted by molar-refractivity contribution is 7.92. The van der Waals surface area contributed by atoms with Gasteiger partial charge in [-0.05, 0) is 87.7 Å². The molecular formula is C35H46N4O8S. The van der Waals surface area contributed by atoms with Gasteiger partial charge in [0.1, 0.15) is 11.5 Å². The van der Waals surface area contributed by atoms with Gasteiger partial charge >= 0.3 is 0 Å². The zero-order valence-electron chi connectivity index (χ0n) is 28.2. The van der Waals surface area contributed by atoms with Gasteiger partial charge in [0.15, 0.2) is 0 Å². The minimum Gasteiger partial charge on any atom is -0.497 e. The summed E-state index contributed by atoms with van der Waals surface area (Å²) in [5.74, 6) is -0.0279. The van der Waals surface area contributed by atoms with Gasteiger partial charge in [-0.25, -0.2) is 8.42 Å². The number of ether oxygens (including phenoxy) is 3. The predicted octanol–water partition coefficient (Wildman–Crippen LogP) is 4.46. The summed E-state index contributed by atoms with van der Waals surface area (Å²) in [6.45, 7) is 6.24. The quantitative estimate of drug-likeness (QED) is 0.334. The van der Waals surface area contributed by atoms with Crippen LogP contribution in [0.15, 0.2) is 71.9 Å². The zero-order valence-corrected chi connectivity index (χ0v) is 29.0. The standard InChI is InChI=1S/C35H46N4O8S/c1-24-21-39(25(2)23-40)35(42)31-20-28(37-48(43,44)30-12-10-29(45-5)11-13-30)9-14-32(31)47-26(3)8-6-7-19-46-33(24)22-38(4)34(41)27-15-17-36-18-16-27/h9-18,20,24-26,33,37,40H,6-8,19,21-23H2,1-5H3/t24-,25-,26+,33+/m0/s1. The van der Waals surface area contributed by atoms with Crippen molar-refractivity contribution in [1.82, 2.24) is 14.8 Å². The van der Waals surface area contributed by atoms with Gasteiger partial charge in [-0.1, -0.05) is 6.92 Å². The van der Waals surface area contributed by atoms with Gasteiger partial charge in [-0.3, -0.25) is 19.3 Å². The number of methoxy groups -OCH3 is 1. The first-order chi connectivity index (χ1) is 22.9. The van der Waals surface area contributed by atoms with E-state index in [2.05, 4.69) is 9.71 Å². The molecular weight excluding hydrogens is 636 g/mol. The van der Waals surface area contributed by atoms with E-state index in [-0.39, 0.29) is 53.8 Å². The molecule has 1 aliphatic rings. The zero-order chi connectivity index (χ0) is 34.8. The molecule has 4 atom stereocenters. The van der Waals surface area contributed by atoms with Gasteiger partial charge < -0.3 is 29.1 Å². The van der Waals surface area contributed by atoms with Crippen LogP contribution >= 0.6 is 0 Å². The number of benzene rings is 2. The number of hydrogen-bond donors (Lipinski definition) is 2. The number of aromatic nitrogens is 1. The summed E-state index contributed by atoms with van der Waals surface area (Å²) in [5.41, 5.74) is 0.844. The number of rotatable bonds is 9. The fourth-order valence-electron chi connectivity index (χ4n) is 5.49. The van der Waals surface area contributed by atoms with Gasteiger partial charge in [-0.2, -0.15) is 0 Å². The topological polar surface area (TPSA) is 148 Å². The van der Waals surface area contributed by atoms with Crippen molar-refractivity contribution in [3.8, 4) is 11.5 Å². The Balaban J connectivity index is 1.65. The second-order valence-electron chi connectivity index (χ2n) is 12.2. The number of aliphatic hydroxyl groups is 1. The number of nitrogens with one attached hydrogen (secondary N) is 1. The SMILES string of the molecule is COc1ccc(S(=O)(=O)Nc2ccc3c(c2)C(=O)N([C@@H](C)CO)C[C@H](C)[C@@H](CN(C)C(=O)c2ccncc2)OCCCC[C@@H](C)O3)cc1. The molecule has 0 saturated heterocycles. The van der Waals surface area contributed by atoms with Crippen LogP contribution in [-0.4, -0.2) is 98.8 Å². The third kappa shape index (κ3) is 9.45. The Bertz CT molecular complexity index is 1620. The number of carbonyl (C=O) groups is 2. The van der Waals surface area contributed by atoms with Crippen LogP contribution in [0, 0.1) is 5.92 Å². The number of fused-ring (bicyclic) bond motifs is 1. The lowest BCUT2D eigenvalue weighted by atomic mass is 10.0. The molecule has 2 aromatic carbocycles. The van der Waals surface area contributed by atoms with Crippen molar-refractivity contribution in [1.29, 1.82) is 0 Å². The third-order valence-electron chi connectivity index (χ3n) is 8.40. The number of nitrogens with zero attached hydrogens (tertiary/aromatic N) is 3. The Morgan fingerprint density at radius 2 is 1.83 bits per heavy atom.